The Morgan fingerprint density at radius 1 is 1.05 bits per heavy atom. The third kappa shape index (κ3) is 8.46. The highest BCUT2D eigenvalue weighted by molar-refractivity contribution is 7.92. The summed E-state index contributed by atoms with van der Waals surface area (Å²) in [6.45, 7) is 6.21. The molecule has 3 rings (SSSR count). The molecular weight excluding hydrogens is 522 g/mol. The van der Waals surface area contributed by atoms with Gasteiger partial charge in [0.1, 0.15) is 6.04 Å². The van der Waals surface area contributed by atoms with Crippen molar-refractivity contribution in [2.75, 3.05) is 17.1 Å². The molecule has 2 amide bonds. The molecule has 1 atom stereocenters. The third-order valence-electron chi connectivity index (χ3n) is 7.00. The fraction of sp³-hybridized carbons (Fsp3) is 0.517. The maximum absolute atomic E-state index is 13.6. The maximum atomic E-state index is 13.6. The summed E-state index contributed by atoms with van der Waals surface area (Å²) in [5.41, 5.74) is 3.41. The summed E-state index contributed by atoms with van der Waals surface area (Å²) in [6.07, 6.45) is 6.25. The highest BCUT2D eigenvalue weighted by atomic mass is 35.5. The SMILES string of the molecule is CCC(C(=O)NC1CCCC1)N(Cc1ccc(Cl)cc1)C(=O)CCCN(c1cc(C)cc(C)c1)S(C)(=O)=O. The zero-order valence-electron chi connectivity index (χ0n) is 22.9. The molecule has 1 unspecified atom stereocenters. The molecule has 1 saturated carbocycles. The number of amides is 2. The number of aryl methyl sites for hydroxylation is 2. The molecule has 38 heavy (non-hydrogen) atoms. The standard InChI is InChI=1S/C29H40ClN3O4S/c1-5-27(29(35)31-25-9-6-7-10-25)32(20-23-12-14-24(30)15-13-23)28(34)11-8-16-33(38(4,36)37)26-18-21(2)17-22(3)19-26/h12-15,17-19,25,27H,5-11,16,20H2,1-4H3,(H,31,35). The number of carbonyl (C=O) groups excluding carboxylic acids is 2. The molecule has 1 N–H and O–H groups in total. The van der Waals surface area contributed by atoms with E-state index in [0.717, 1.165) is 42.4 Å². The molecule has 1 aliphatic carbocycles. The first-order chi connectivity index (χ1) is 18.0. The number of nitrogens with one attached hydrogen (secondary N) is 1. The zero-order valence-corrected chi connectivity index (χ0v) is 24.4. The van der Waals surface area contributed by atoms with Crippen LogP contribution in [0.4, 0.5) is 5.69 Å². The largest absolute Gasteiger partial charge is 0.352 e. The van der Waals surface area contributed by atoms with Crippen molar-refractivity contribution in [2.45, 2.75) is 84.3 Å². The minimum absolute atomic E-state index is 0.123. The minimum Gasteiger partial charge on any atom is -0.352 e. The molecular formula is C29H40ClN3O4S. The van der Waals surface area contributed by atoms with E-state index in [-0.39, 0.29) is 37.4 Å². The van der Waals surface area contributed by atoms with Gasteiger partial charge in [0.15, 0.2) is 0 Å². The predicted molar refractivity (Wildman–Crippen MR) is 154 cm³/mol. The average Bonchev–Trinajstić information content (AvgIpc) is 3.34. The molecule has 0 radical (unpaired) electrons. The number of rotatable bonds is 12. The monoisotopic (exact) mass is 561 g/mol. The number of carbonyl (C=O) groups is 2. The fourth-order valence-electron chi connectivity index (χ4n) is 5.17. The molecule has 1 fully saturated rings. The van der Waals surface area contributed by atoms with E-state index in [4.69, 9.17) is 11.6 Å². The Labute approximate surface area is 232 Å². The Kier molecular flexibility index (Phi) is 10.6. The van der Waals surface area contributed by atoms with Crippen molar-refractivity contribution >= 4 is 39.1 Å². The van der Waals surface area contributed by atoms with Gasteiger partial charge in [-0.15, -0.1) is 0 Å². The van der Waals surface area contributed by atoms with Crippen LogP contribution in [0.3, 0.4) is 0 Å². The van der Waals surface area contributed by atoms with E-state index in [1.807, 2.05) is 51.1 Å². The van der Waals surface area contributed by atoms with Gasteiger partial charge in [-0.2, -0.15) is 0 Å². The highest BCUT2D eigenvalue weighted by Gasteiger charge is 2.30. The van der Waals surface area contributed by atoms with Crippen LogP contribution in [0.15, 0.2) is 42.5 Å². The normalized spacial score (nSPS) is 14.8. The van der Waals surface area contributed by atoms with Gasteiger partial charge >= 0.3 is 0 Å². The van der Waals surface area contributed by atoms with Crippen LogP contribution in [0.2, 0.25) is 5.02 Å². The van der Waals surface area contributed by atoms with Crippen LogP contribution in [0.1, 0.15) is 68.6 Å². The summed E-state index contributed by atoms with van der Waals surface area (Å²) in [4.78, 5) is 28.5. The predicted octanol–water partition coefficient (Wildman–Crippen LogP) is 5.37. The fourth-order valence-corrected chi connectivity index (χ4v) is 6.25. The smallest absolute Gasteiger partial charge is 0.243 e. The molecule has 0 bridgehead atoms. The lowest BCUT2D eigenvalue weighted by Crippen LogP contribution is -2.51. The molecule has 208 valence electrons. The van der Waals surface area contributed by atoms with Gasteiger partial charge in [-0.25, -0.2) is 8.42 Å². The lowest BCUT2D eigenvalue weighted by Gasteiger charge is -2.32. The first-order valence-electron chi connectivity index (χ1n) is 13.4. The number of halogens is 1. The van der Waals surface area contributed by atoms with Crippen LogP contribution in [-0.4, -0.2) is 50.0 Å². The van der Waals surface area contributed by atoms with Crippen molar-refractivity contribution in [1.29, 1.82) is 0 Å². The van der Waals surface area contributed by atoms with Crippen LogP contribution >= 0.6 is 11.6 Å². The molecule has 0 aliphatic heterocycles. The Morgan fingerprint density at radius 3 is 2.21 bits per heavy atom. The lowest BCUT2D eigenvalue weighted by molar-refractivity contribution is -0.141. The highest BCUT2D eigenvalue weighted by Crippen LogP contribution is 2.23. The van der Waals surface area contributed by atoms with Gasteiger partial charge in [0.25, 0.3) is 0 Å². The number of hydrogen-bond donors (Lipinski definition) is 1. The number of sulfonamides is 1. The summed E-state index contributed by atoms with van der Waals surface area (Å²) in [5.74, 6) is -0.308. The van der Waals surface area contributed by atoms with Crippen molar-refractivity contribution in [3.63, 3.8) is 0 Å². The van der Waals surface area contributed by atoms with Crippen LogP contribution in [0, 0.1) is 13.8 Å². The first-order valence-corrected chi connectivity index (χ1v) is 15.6. The number of nitrogens with zero attached hydrogens (tertiary/aromatic N) is 2. The van der Waals surface area contributed by atoms with E-state index >= 15 is 0 Å². The van der Waals surface area contributed by atoms with E-state index in [9.17, 15) is 18.0 Å². The Morgan fingerprint density at radius 2 is 1.66 bits per heavy atom. The number of benzene rings is 2. The van der Waals surface area contributed by atoms with Gasteiger partial charge in [0.2, 0.25) is 21.8 Å². The lowest BCUT2D eigenvalue weighted by atomic mass is 10.1. The molecule has 0 spiro atoms. The molecule has 0 saturated heterocycles. The molecule has 0 heterocycles. The molecule has 0 aromatic heterocycles. The molecule has 7 nitrogen and oxygen atoms in total. The van der Waals surface area contributed by atoms with Crippen molar-refractivity contribution in [3.8, 4) is 0 Å². The molecule has 1 aliphatic rings. The van der Waals surface area contributed by atoms with E-state index in [1.165, 1.54) is 10.6 Å². The molecule has 2 aromatic carbocycles. The summed E-state index contributed by atoms with van der Waals surface area (Å²) in [7, 11) is -3.54. The second-order valence-electron chi connectivity index (χ2n) is 10.3. The van der Waals surface area contributed by atoms with Gasteiger partial charge in [-0.1, -0.05) is 49.6 Å². The van der Waals surface area contributed by atoms with Gasteiger partial charge in [-0.3, -0.25) is 13.9 Å². The first kappa shape index (κ1) is 30.0. The summed E-state index contributed by atoms with van der Waals surface area (Å²) >= 11 is 6.05. The van der Waals surface area contributed by atoms with Crippen molar-refractivity contribution < 1.29 is 18.0 Å². The Bertz CT molecular complexity index is 1190. The van der Waals surface area contributed by atoms with E-state index in [1.54, 1.807) is 17.0 Å². The summed E-state index contributed by atoms with van der Waals surface area (Å²) < 4.78 is 26.6. The zero-order chi connectivity index (χ0) is 27.9. The molecule has 9 heteroatoms. The maximum Gasteiger partial charge on any atom is 0.243 e. The van der Waals surface area contributed by atoms with Gasteiger partial charge < -0.3 is 10.2 Å². The van der Waals surface area contributed by atoms with E-state index in [0.29, 0.717) is 23.6 Å². The second-order valence-corrected chi connectivity index (χ2v) is 12.7. The van der Waals surface area contributed by atoms with Crippen molar-refractivity contribution in [1.82, 2.24) is 10.2 Å². The third-order valence-corrected chi connectivity index (χ3v) is 8.45. The van der Waals surface area contributed by atoms with Crippen LogP contribution in [0.5, 0.6) is 0 Å². The number of hydrogen-bond acceptors (Lipinski definition) is 4. The average molecular weight is 562 g/mol. The Balaban J connectivity index is 1.76. The van der Waals surface area contributed by atoms with Crippen LogP contribution in [0.25, 0.3) is 0 Å². The minimum atomic E-state index is -3.54. The van der Waals surface area contributed by atoms with Crippen molar-refractivity contribution in [2.24, 2.45) is 0 Å². The summed E-state index contributed by atoms with van der Waals surface area (Å²) in [5, 5.41) is 3.75. The quantitative estimate of drug-likeness (QED) is 0.377. The van der Waals surface area contributed by atoms with E-state index in [2.05, 4.69) is 5.32 Å². The number of anilines is 1. The van der Waals surface area contributed by atoms with Gasteiger partial charge in [0, 0.05) is 30.6 Å². The van der Waals surface area contributed by atoms with Crippen molar-refractivity contribution in [3.05, 3.63) is 64.2 Å². The van der Waals surface area contributed by atoms with Gasteiger partial charge in [-0.05, 0) is 80.5 Å². The Hall–Kier alpha value is -2.58. The van der Waals surface area contributed by atoms with Crippen LogP contribution in [-0.2, 0) is 26.2 Å². The topological polar surface area (TPSA) is 86.8 Å². The molecule has 2 aromatic rings. The second kappa shape index (κ2) is 13.5. The van der Waals surface area contributed by atoms with Gasteiger partial charge in [0.05, 0.1) is 11.9 Å². The summed E-state index contributed by atoms with van der Waals surface area (Å²) in [6, 6.07) is 12.5. The van der Waals surface area contributed by atoms with Crippen LogP contribution < -0.4 is 9.62 Å². The van der Waals surface area contributed by atoms with E-state index < -0.39 is 16.1 Å².